The molecule has 8 heteroatoms. The number of likely N-dealkylation sites (N-methyl/N-ethyl adjacent to an activating group) is 1. The van der Waals surface area contributed by atoms with E-state index in [2.05, 4.69) is 15.2 Å². The SMILES string of the molecule is CCN(C(=O)c1ccc(Cl)cc1-n1nccn1)[C@@H](C)COc1ccc(C)cn1. The van der Waals surface area contributed by atoms with Crippen molar-refractivity contribution in [2.75, 3.05) is 13.2 Å². The molecule has 7 nitrogen and oxygen atoms in total. The Morgan fingerprint density at radius 1 is 1.25 bits per heavy atom. The van der Waals surface area contributed by atoms with Gasteiger partial charge in [0, 0.05) is 23.8 Å². The maximum atomic E-state index is 13.2. The van der Waals surface area contributed by atoms with Crippen molar-refractivity contribution in [3.63, 3.8) is 0 Å². The highest BCUT2D eigenvalue weighted by molar-refractivity contribution is 6.31. The van der Waals surface area contributed by atoms with Crippen LogP contribution < -0.4 is 4.74 Å². The lowest BCUT2D eigenvalue weighted by Crippen LogP contribution is -2.42. The quantitative estimate of drug-likeness (QED) is 0.607. The van der Waals surface area contributed by atoms with Crippen LogP contribution in [0.2, 0.25) is 5.02 Å². The van der Waals surface area contributed by atoms with Crippen molar-refractivity contribution < 1.29 is 9.53 Å². The summed E-state index contributed by atoms with van der Waals surface area (Å²) in [6.07, 6.45) is 4.86. The predicted octanol–water partition coefficient (Wildman–Crippen LogP) is 3.55. The Labute approximate surface area is 168 Å². The molecule has 0 aliphatic heterocycles. The first kappa shape index (κ1) is 19.8. The summed E-state index contributed by atoms with van der Waals surface area (Å²) < 4.78 is 5.76. The van der Waals surface area contributed by atoms with Crippen molar-refractivity contribution in [1.82, 2.24) is 24.9 Å². The predicted molar refractivity (Wildman–Crippen MR) is 107 cm³/mol. The molecule has 3 rings (SSSR count). The molecule has 1 aromatic carbocycles. The van der Waals surface area contributed by atoms with Crippen molar-refractivity contribution in [3.8, 4) is 11.6 Å². The molecule has 0 saturated carbocycles. The largest absolute Gasteiger partial charge is 0.475 e. The lowest BCUT2D eigenvalue weighted by atomic mass is 10.1. The van der Waals surface area contributed by atoms with E-state index in [1.807, 2.05) is 32.9 Å². The normalized spacial score (nSPS) is 11.9. The van der Waals surface area contributed by atoms with Gasteiger partial charge in [-0.3, -0.25) is 4.79 Å². The summed E-state index contributed by atoms with van der Waals surface area (Å²) >= 11 is 6.12. The van der Waals surface area contributed by atoms with Gasteiger partial charge in [0.15, 0.2) is 0 Å². The van der Waals surface area contributed by atoms with Gasteiger partial charge in [-0.25, -0.2) is 4.98 Å². The smallest absolute Gasteiger partial charge is 0.256 e. The van der Waals surface area contributed by atoms with Crippen molar-refractivity contribution in [3.05, 3.63) is 65.1 Å². The van der Waals surface area contributed by atoms with Crippen LogP contribution in [0, 0.1) is 6.92 Å². The summed E-state index contributed by atoms with van der Waals surface area (Å²) in [6, 6.07) is 8.66. The molecule has 0 spiro atoms. The average Bonchev–Trinajstić information content (AvgIpc) is 3.22. The van der Waals surface area contributed by atoms with Gasteiger partial charge in [0.25, 0.3) is 5.91 Å². The molecule has 0 aliphatic carbocycles. The first-order chi connectivity index (χ1) is 13.5. The topological polar surface area (TPSA) is 73.1 Å². The highest BCUT2D eigenvalue weighted by Crippen LogP contribution is 2.21. The lowest BCUT2D eigenvalue weighted by molar-refractivity contribution is 0.0646. The number of rotatable bonds is 7. The first-order valence-electron chi connectivity index (χ1n) is 9.02. The van der Waals surface area contributed by atoms with E-state index in [4.69, 9.17) is 16.3 Å². The summed E-state index contributed by atoms with van der Waals surface area (Å²) in [6.45, 7) is 6.70. The van der Waals surface area contributed by atoms with E-state index in [9.17, 15) is 4.79 Å². The van der Waals surface area contributed by atoms with Crippen molar-refractivity contribution in [2.45, 2.75) is 26.8 Å². The zero-order valence-corrected chi connectivity index (χ0v) is 16.8. The molecule has 0 radical (unpaired) electrons. The van der Waals surface area contributed by atoms with Crippen LogP contribution in [-0.4, -0.2) is 50.0 Å². The third kappa shape index (κ3) is 4.48. The number of hydrogen-bond donors (Lipinski definition) is 0. The summed E-state index contributed by atoms with van der Waals surface area (Å²) in [5.74, 6) is 0.397. The van der Waals surface area contributed by atoms with Crippen molar-refractivity contribution in [1.29, 1.82) is 0 Å². The van der Waals surface area contributed by atoms with E-state index in [1.165, 1.54) is 4.80 Å². The molecule has 1 atom stereocenters. The molecule has 2 heterocycles. The molecular weight excluding hydrogens is 378 g/mol. The number of hydrogen-bond acceptors (Lipinski definition) is 5. The minimum atomic E-state index is -0.158. The third-order valence-corrected chi connectivity index (χ3v) is 4.55. The van der Waals surface area contributed by atoms with Gasteiger partial charge >= 0.3 is 0 Å². The van der Waals surface area contributed by atoms with Crippen LogP contribution in [0.1, 0.15) is 29.8 Å². The standard InChI is InChI=1S/C20H22ClN5O2/c1-4-25(15(3)13-28-19-8-5-14(2)12-22-19)20(27)17-7-6-16(21)11-18(17)26-23-9-10-24-26/h5-12,15H,4,13H2,1-3H3/t15-/m0/s1. The van der Waals surface area contributed by atoms with Gasteiger partial charge < -0.3 is 9.64 Å². The van der Waals surface area contributed by atoms with Crippen LogP contribution in [0.5, 0.6) is 5.88 Å². The van der Waals surface area contributed by atoms with Crippen LogP contribution in [0.3, 0.4) is 0 Å². The van der Waals surface area contributed by atoms with Crippen LogP contribution in [0.25, 0.3) is 5.69 Å². The minimum Gasteiger partial charge on any atom is -0.475 e. The molecule has 0 unspecified atom stereocenters. The van der Waals surface area contributed by atoms with Crippen LogP contribution in [0.15, 0.2) is 48.9 Å². The second-order valence-electron chi connectivity index (χ2n) is 6.40. The highest BCUT2D eigenvalue weighted by Gasteiger charge is 2.24. The number of aromatic nitrogens is 4. The van der Waals surface area contributed by atoms with Gasteiger partial charge in [-0.2, -0.15) is 15.0 Å². The molecule has 146 valence electrons. The average molecular weight is 400 g/mol. The van der Waals surface area contributed by atoms with Gasteiger partial charge in [-0.1, -0.05) is 17.7 Å². The van der Waals surface area contributed by atoms with Crippen molar-refractivity contribution in [2.24, 2.45) is 0 Å². The van der Waals surface area contributed by atoms with Crippen LogP contribution in [0.4, 0.5) is 0 Å². The van der Waals surface area contributed by atoms with Gasteiger partial charge in [0.2, 0.25) is 5.88 Å². The Morgan fingerprint density at radius 3 is 2.64 bits per heavy atom. The number of benzene rings is 1. The molecule has 2 aromatic heterocycles. The van der Waals surface area contributed by atoms with Gasteiger partial charge in [-0.15, -0.1) is 0 Å². The maximum Gasteiger partial charge on any atom is 0.256 e. The van der Waals surface area contributed by atoms with E-state index in [0.717, 1.165) is 5.56 Å². The van der Waals surface area contributed by atoms with Gasteiger partial charge in [0.05, 0.1) is 29.7 Å². The number of carbonyl (C=O) groups excluding carboxylic acids is 1. The van der Waals surface area contributed by atoms with E-state index in [1.54, 1.807) is 41.7 Å². The Morgan fingerprint density at radius 2 is 2.00 bits per heavy atom. The fourth-order valence-corrected chi connectivity index (χ4v) is 3.00. The first-order valence-corrected chi connectivity index (χ1v) is 9.40. The second kappa shape index (κ2) is 8.84. The number of carbonyl (C=O) groups is 1. The van der Waals surface area contributed by atoms with Crippen LogP contribution >= 0.6 is 11.6 Å². The number of pyridine rings is 1. The zero-order valence-electron chi connectivity index (χ0n) is 16.0. The summed E-state index contributed by atoms with van der Waals surface area (Å²) in [4.78, 5) is 20.6. The zero-order chi connectivity index (χ0) is 20.1. The number of amides is 1. The molecule has 0 fully saturated rings. The van der Waals surface area contributed by atoms with E-state index in [-0.39, 0.29) is 11.9 Å². The lowest BCUT2D eigenvalue weighted by Gasteiger charge is -2.28. The molecule has 0 saturated heterocycles. The fraction of sp³-hybridized carbons (Fsp3) is 0.300. The number of halogens is 1. The summed E-state index contributed by atoms with van der Waals surface area (Å²) in [5.41, 5.74) is 2.07. The Balaban J connectivity index is 1.78. The van der Waals surface area contributed by atoms with Gasteiger partial charge in [-0.05, 0) is 44.5 Å². The van der Waals surface area contributed by atoms with E-state index >= 15 is 0 Å². The monoisotopic (exact) mass is 399 g/mol. The van der Waals surface area contributed by atoms with Crippen molar-refractivity contribution >= 4 is 17.5 Å². The highest BCUT2D eigenvalue weighted by atomic mass is 35.5. The van der Waals surface area contributed by atoms with E-state index in [0.29, 0.717) is 35.3 Å². The molecule has 1 amide bonds. The molecule has 0 N–H and O–H groups in total. The number of aryl methyl sites for hydroxylation is 1. The van der Waals surface area contributed by atoms with Crippen LogP contribution in [-0.2, 0) is 0 Å². The summed E-state index contributed by atoms with van der Waals surface area (Å²) in [5, 5.41) is 8.76. The molecule has 0 bridgehead atoms. The summed E-state index contributed by atoms with van der Waals surface area (Å²) in [7, 11) is 0. The second-order valence-corrected chi connectivity index (χ2v) is 6.84. The Hall–Kier alpha value is -2.93. The molecule has 0 aliphatic rings. The van der Waals surface area contributed by atoms with Gasteiger partial charge in [0.1, 0.15) is 6.61 Å². The maximum absolute atomic E-state index is 13.2. The van der Waals surface area contributed by atoms with E-state index < -0.39 is 0 Å². The third-order valence-electron chi connectivity index (χ3n) is 4.31. The molecular formula is C20H22ClN5O2. The fourth-order valence-electron chi connectivity index (χ4n) is 2.84. The Kier molecular flexibility index (Phi) is 6.26. The number of ether oxygens (including phenoxy) is 1. The molecule has 3 aromatic rings. The Bertz CT molecular complexity index is 928. The molecule has 28 heavy (non-hydrogen) atoms. The number of nitrogens with zero attached hydrogens (tertiary/aromatic N) is 5. The minimum absolute atomic E-state index is 0.139.